The first-order chi connectivity index (χ1) is 12.5. The molecule has 138 valence electrons. The SMILES string of the molecule is C[N-]/C(=N/OC)c1cccc(C)c1CO/N=C(\C)c1ccc(Cl)c(Cl)c1.[K+]. The van der Waals surface area contributed by atoms with Gasteiger partial charge in [0.05, 0.1) is 22.9 Å². The van der Waals surface area contributed by atoms with Crippen LogP contribution in [-0.4, -0.2) is 25.7 Å². The number of halogens is 2. The molecule has 5 nitrogen and oxygen atoms in total. The normalized spacial score (nSPS) is 11.6. The molecule has 2 aromatic carbocycles. The van der Waals surface area contributed by atoms with Crippen LogP contribution in [0.4, 0.5) is 0 Å². The smallest absolute Gasteiger partial charge is 0.497 e. The summed E-state index contributed by atoms with van der Waals surface area (Å²) in [5.74, 6) is 0.500. The minimum atomic E-state index is 0. The Hall–Kier alpha value is -0.604. The van der Waals surface area contributed by atoms with Gasteiger partial charge < -0.3 is 15.0 Å². The summed E-state index contributed by atoms with van der Waals surface area (Å²) in [6.45, 7) is 4.12. The summed E-state index contributed by atoms with van der Waals surface area (Å²) in [5.41, 5.74) is 4.38. The van der Waals surface area contributed by atoms with Crippen molar-refractivity contribution in [2.24, 2.45) is 10.3 Å². The Morgan fingerprint density at radius 1 is 1.11 bits per heavy atom. The molecule has 27 heavy (non-hydrogen) atoms. The van der Waals surface area contributed by atoms with E-state index in [1.807, 2.05) is 38.1 Å². The van der Waals surface area contributed by atoms with E-state index in [-0.39, 0.29) is 58.0 Å². The Kier molecular flexibility index (Phi) is 10.9. The van der Waals surface area contributed by atoms with E-state index < -0.39 is 0 Å². The van der Waals surface area contributed by atoms with Gasteiger partial charge in [-0.15, -0.1) is 0 Å². The minimum absolute atomic E-state index is 0. The van der Waals surface area contributed by atoms with Crippen LogP contribution in [0.3, 0.4) is 0 Å². The summed E-state index contributed by atoms with van der Waals surface area (Å²) in [6, 6.07) is 11.2. The fourth-order valence-electron chi connectivity index (χ4n) is 2.37. The molecule has 0 amide bonds. The molecule has 0 aliphatic carbocycles. The second-order valence-electron chi connectivity index (χ2n) is 5.50. The summed E-state index contributed by atoms with van der Waals surface area (Å²) in [6.07, 6.45) is 0. The number of rotatable bonds is 6. The molecular formula is C19H20Cl2KN3O2. The van der Waals surface area contributed by atoms with E-state index in [0.717, 1.165) is 22.3 Å². The fraction of sp³-hybridized carbons (Fsp3) is 0.263. The van der Waals surface area contributed by atoms with Crippen LogP contribution in [0.1, 0.15) is 29.2 Å². The van der Waals surface area contributed by atoms with Gasteiger partial charge in [-0.25, -0.2) is 0 Å². The van der Waals surface area contributed by atoms with Crippen molar-refractivity contribution in [1.29, 1.82) is 0 Å². The van der Waals surface area contributed by atoms with Gasteiger partial charge in [0.15, 0.2) is 0 Å². The Morgan fingerprint density at radius 2 is 1.85 bits per heavy atom. The summed E-state index contributed by atoms with van der Waals surface area (Å²) in [4.78, 5) is 10.4. The van der Waals surface area contributed by atoms with Crippen molar-refractivity contribution in [3.05, 3.63) is 74.0 Å². The van der Waals surface area contributed by atoms with E-state index in [1.165, 1.54) is 7.11 Å². The first-order valence-electron chi connectivity index (χ1n) is 7.89. The van der Waals surface area contributed by atoms with Gasteiger partial charge in [0.25, 0.3) is 0 Å². The molecule has 0 atom stereocenters. The molecule has 0 spiro atoms. The van der Waals surface area contributed by atoms with Gasteiger partial charge in [0, 0.05) is 11.1 Å². The van der Waals surface area contributed by atoms with Crippen LogP contribution in [0, 0.1) is 6.92 Å². The molecule has 2 aromatic rings. The third kappa shape index (κ3) is 6.75. The van der Waals surface area contributed by atoms with E-state index in [2.05, 4.69) is 15.6 Å². The maximum absolute atomic E-state index is 6.05. The number of nitrogens with zero attached hydrogens (tertiary/aromatic N) is 3. The quantitative estimate of drug-likeness (QED) is 0.305. The van der Waals surface area contributed by atoms with E-state index in [9.17, 15) is 0 Å². The van der Waals surface area contributed by atoms with Crippen LogP contribution in [0.5, 0.6) is 0 Å². The zero-order valence-corrected chi connectivity index (χ0v) is 20.7. The van der Waals surface area contributed by atoms with Crippen LogP contribution in [0.2, 0.25) is 10.0 Å². The topological polar surface area (TPSA) is 57.3 Å². The van der Waals surface area contributed by atoms with Crippen molar-refractivity contribution in [3.63, 3.8) is 0 Å². The summed E-state index contributed by atoms with van der Waals surface area (Å²) in [7, 11) is 3.15. The van der Waals surface area contributed by atoms with E-state index in [4.69, 9.17) is 32.9 Å². The average molecular weight is 432 g/mol. The van der Waals surface area contributed by atoms with Gasteiger partial charge >= 0.3 is 51.4 Å². The number of hydrogen-bond donors (Lipinski definition) is 0. The zero-order chi connectivity index (χ0) is 19.1. The predicted molar refractivity (Wildman–Crippen MR) is 107 cm³/mol. The first-order valence-corrected chi connectivity index (χ1v) is 8.65. The predicted octanol–water partition coefficient (Wildman–Crippen LogP) is 2.56. The molecule has 0 heterocycles. The summed E-state index contributed by atoms with van der Waals surface area (Å²) < 4.78 is 0. The van der Waals surface area contributed by atoms with E-state index >= 15 is 0 Å². The molecule has 0 aliphatic rings. The van der Waals surface area contributed by atoms with Gasteiger partial charge in [-0.1, -0.05) is 59.7 Å². The van der Waals surface area contributed by atoms with Crippen LogP contribution >= 0.6 is 23.2 Å². The summed E-state index contributed by atoms with van der Waals surface area (Å²) in [5, 5.41) is 13.3. The number of oxime groups is 2. The van der Waals surface area contributed by atoms with Crippen LogP contribution in [0.15, 0.2) is 46.7 Å². The molecule has 2 rings (SSSR count). The number of benzene rings is 2. The largest absolute Gasteiger partial charge is 1.00 e. The van der Waals surface area contributed by atoms with Crippen LogP contribution < -0.4 is 51.4 Å². The molecule has 0 radical (unpaired) electrons. The van der Waals surface area contributed by atoms with Crippen molar-refractivity contribution in [2.45, 2.75) is 20.5 Å². The second-order valence-corrected chi connectivity index (χ2v) is 6.32. The monoisotopic (exact) mass is 431 g/mol. The van der Waals surface area contributed by atoms with Crippen molar-refractivity contribution < 1.29 is 61.1 Å². The molecule has 0 aromatic heterocycles. The number of hydrogen-bond acceptors (Lipinski definition) is 4. The van der Waals surface area contributed by atoms with Crippen molar-refractivity contribution >= 4 is 34.7 Å². The molecule has 0 fully saturated rings. The minimum Gasteiger partial charge on any atom is -0.497 e. The van der Waals surface area contributed by atoms with Gasteiger partial charge in [-0.05, 0) is 42.9 Å². The molecule has 8 heteroatoms. The number of amidine groups is 1. The van der Waals surface area contributed by atoms with Crippen molar-refractivity contribution in [2.75, 3.05) is 14.2 Å². The maximum Gasteiger partial charge on any atom is 1.00 e. The van der Waals surface area contributed by atoms with Gasteiger partial charge in [-0.3, -0.25) is 5.16 Å². The van der Waals surface area contributed by atoms with Gasteiger partial charge in [0.1, 0.15) is 6.61 Å². The van der Waals surface area contributed by atoms with Gasteiger partial charge in [-0.2, -0.15) is 0 Å². The average Bonchev–Trinajstić information content (AvgIpc) is 2.63. The molecule has 0 bridgehead atoms. The maximum atomic E-state index is 6.05. The van der Waals surface area contributed by atoms with E-state index in [1.54, 1.807) is 19.2 Å². The fourth-order valence-corrected chi connectivity index (χ4v) is 2.67. The van der Waals surface area contributed by atoms with Crippen molar-refractivity contribution in [1.82, 2.24) is 0 Å². The van der Waals surface area contributed by atoms with Crippen molar-refractivity contribution in [3.8, 4) is 0 Å². The molecule has 0 saturated carbocycles. The van der Waals surface area contributed by atoms with Gasteiger partial charge in [0.2, 0.25) is 0 Å². The number of aryl methyl sites for hydroxylation is 1. The molecule has 0 saturated heterocycles. The van der Waals surface area contributed by atoms with Crippen LogP contribution in [0.25, 0.3) is 5.32 Å². The Morgan fingerprint density at radius 3 is 2.48 bits per heavy atom. The summed E-state index contributed by atoms with van der Waals surface area (Å²) >= 11 is 12.0. The molecule has 0 unspecified atom stereocenters. The molecule has 0 N–H and O–H groups in total. The Labute approximate surface area is 212 Å². The third-order valence-corrected chi connectivity index (χ3v) is 4.53. The molecular weight excluding hydrogens is 412 g/mol. The zero-order valence-electron chi connectivity index (χ0n) is 16.1. The second kappa shape index (κ2) is 12.1. The standard InChI is InChI=1S/C19H20Cl2N3O2.K/c1-12-6-5-7-15(19(22-3)24-25-4)16(12)11-26-23-13(2)14-8-9-17(20)18(21)10-14;/h5-10H,11H2,1-4H3;/q-1;+1/b23-13+;. The first kappa shape index (κ1) is 24.4. The van der Waals surface area contributed by atoms with E-state index in [0.29, 0.717) is 21.6 Å². The van der Waals surface area contributed by atoms with Crippen LogP contribution in [-0.2, 0) is 16.3 Å². The Balaban J connectivity index is 0.00000364. The third-order valence-electron chi connectivity index (χ3n) is 3.79. The molecule has 0 aliphatic heterocycles. The Bertz CT molecular complexity index is 842.